The lowest BCUT2D eigenvalue weighted by molar-refractivity contribution is -0.124. The standard InChI is InChI=1S/C13H17NO2/c1-2-14-12(16)13(8-11(13)9-15)10-6-4-3-5-7-10/h3-7,11,15H,2,8-9H2,1H3,(H,14,16)/t11-,13+/m1/s1/i1D3,2D2. The van der Waals surface area contributed by atoms with E-state index in [1.807, 2.05) is 5.32 Å². The average molecular weight is 224 g/mol. The Morgan fingerprint density at radius 2 is 2.44 bits per heavy atom. The largest absolute Gasteiger partial charge is 0.396 e. The Kier molecular flexibility index (Phi) is 1.70. The van der Waals surface area contributed by atoms with Gasteiger partial charge in [-0.05, 0) is 18.8 Å². The Labute approximate surface area is 103 Å². The normalized spacial score (nSPS) is 33.8. The molecule has 1 amide bonds. The summed E-state index contributed by atoms with van der Waals surface area (Å²) in [6.45, 7) is -5.97. The molecule has 2 atom stereocenters. The predicted molar refractivity (Wildman–Crippen MR) is 62.0 cm³/mol. The summed E-state index contributed by atoms with van der Waals surface area (Å²) in [5.41, 5.74) is -0.392. The zero-order valence-corrected chi connectivity index (χ0v) is 8.73. The summed E-state index contributed by atoms with van der Waals surface area (Å²) in [7, 11) is 0. The molecule has 2 N–H and O–H groups in total. The van der Waals surface area contributed by atoms with Gasteiger partial charge in [0.15, 0.2) is 0 Å². The molecule has 0 heterocycles. The van der Waals surface area contributed by atoms with Crippen LogP contribution in [0.2, 0.25) is 0 Å². The number of rotatable bonds is 4. The first-order chi connectivity index (χ1) is 9.65. The Morgan fingerprint density at radius 3 is 3.00 bits per heavy atom. The van der Waals surface area contributed by atoms with Crippen molar-refractivity contribution in [1.82, 2.24) is 5.32 Å². The molecule has 86 valence electrons. The monoisotopic (exact) mass is 224 g/mol. The van der Waals surface area contributed by atoms with Crippen molar-refractivity contribution in [2.75, 3.05) is 13.1 Å². The predicted octanol–water partition coefficient (Wildman–Crippen LogP) is 1.07. The minimum atomic E-state index is -2.95. The quantitative estimate of drug-likeness (QED) is 0.804. The van der Waals surface area contributed by atoms with Crippen molar-refractivity contribution in [3.05, 3.63) is 35.9 Å². The molecule has 1 aromatic rings. The van der Waals surface area contributed by atoms with Crippen molar-refractivity contribution in [2.45, 2.75) is 18.7 Å². The molecule has 1 aliphatic rings. The molecule has 0 aromatic heterocycles. The molecule has 0 unspecified atom stereocenters. The molecule has 0 spiro atoms. The van der Waals surface area contributed by atoms with Gasteiger partial charge in [0.05, 0.1) is 5.41 Å². The fraction of sp³-hybridized carbons (Fsp3) is 0.462. The first kappa shape index (κ1) is 6.40. The smallest absolute Gasteiger partial charge is 0.231 e. The fourth-order valence-electron chi connectivity index (χ4n) is 2.22. The van der Waals surface area contributed by atoms with E-state index in [2.05, 4.69) is 0 Å². The van der Waals surface area contributed by atoms with E-state index in [4.69, 9.17) is 6.85 Å². The Balaban J connectivity index is 2.28. The molecule has 1 saturated carbocycles. The van der Waals surface area contributed by atoms with Gasteiger partial charge in [-0.15, -0.1) is 0 Å². The van der Waals surface area contributed by atoms with Crippen molar-refractivity contribution >= 4 is 5.91 Å². The number of aliphatic hydroxyl groups is 1. The molecule has 0 radical (unpaired) electrons. The first-order valence-electron chi connectivity index (χ1n) is 7.64. The van der Waals surface area contributed by atoms with Crippen LogP contribution in [0.4, 0.5) is 0 Å². The summed E-state index contributed by atoms with van der Waals surface area (Å²) in [6.07, 6.45) is 0.371. The van der Waals surface area contributed by atoms with Gasteiger partial charge in [0.25, 0.3) is 0 Å². The van der Waals surface area contributed by atoms with Gasteiger partial charge in [-0.3, -0.25) is 4.79 Å². The van der Waals surface area contributed by atoms with E-state index in [1.165, 1.54) is 0 Å². The number of carbonyl (C=O) groups excluding carboxylic acids is 1. The van der Waals surface area contributed by atoms with Gasteiger partial charge in [-0.25, -0.2) is 0 Å². The van der Waals surface area contributed by atoms with Crippen LogP contribution in [0, 0.1) is 5.92 Å². The van der Waals surface area contributed by atoms with Crippen LogP contribution >= 0.6 is 0 Å². The average Bonchev–Trinajstić information content (AvgIpc) is 3.13. The minimum Gasteiger partial charge on any atom is -0.396 e. The van der Waals surface area contributed by atoms with Crippen molar-refractivity contribution < 1.29 is 16.8 Å². The van der Waals surface area contributed by atoms with E-state index < -0.39 is 24.7 Å². The van der Waals surface area contributed by atoms with Crippen molar-refractivity contribution in [2.24, 2.45) is 5.92 Å². The van der Waals surface area contributed by atoms with Gasteiger partial charge in [0.2, 0.25) is 5.91 Å². The lowest BCUT2D eigenvalue weighted by Crippen LogP contribution is -2.36. The lowest BCUT2D eigenvalue weighted by Gasteiger charge is -2.16. The first-order valence-corrected chi connectivity index (χ1v) is 5.14. The Hall–Kier alpha value is -1.35. The Morgan fingerprint density at radius 1 is 1.69 bits per heavy atom. The van der Waals surface area contributed by atoms with Crippen LogP contribution in [0.3, 0.4) is 0 Å². The second kappa shape index (κ2) is 4.26. The number of nitrogens with one attached hydrogen (secondary N) is 1. The molecular formula is C13H17NO2. The number of carbonyl (C=O) groups is 1. The Bertz CT molecular complexity index is 531. The summed E-state index contributed by atoms with van der Waals surface area (Å²) in [5.74, 6) is -1.03. The highest BCUT2D eigenvalue weighted by Crippen LogP contribution is 2.54. The van der Waals surface area contributed by atoms with Gasteiger partial charge in [-0.2, -0.15) is 0 Å². The molecule has 1 aromatic carbocycles. The fourth-order valence-corrected chi connectivity index (χ4v) is 2.22. The van der Waals surface area contributed by atoms with Gasteiger partial charge in [0.1, 0.15) is 0 Å². The molecule has 16 heavy (non-hydrogen) atoms. The van der Waals surface area contributed by atoms with Crippen LogP contribution in [-0.4, -0.2) is 24.1 Å². The molecule has 1 fully saturated rings. The van der Waals surface area contributed by atoms with Gasteiger partial charge in [-0.1, -0.05) is 30.3 Å². The van der Waals surface area contributed by atoms with Crippen LogP contribution in [-0.2, 0) is 10.2 Å². The van der Waals surface area contributed by atoms with E-state index >= 15 is 0 Å². The van der Waals surface area contributed by atoms with Crippen LogP contribution in [0.15, 0.2) is 30.3 Å². The maximum atomic E-state index is 12.4. The maximum Gasteiger partial charge on any atom is 0.231 e. The second-order valence-electron chi connectivity index (χ2n) is 4.00. The van der Waals surface area contributed by atoms with Crippen molar-refractivity contribution in [1.29, 1.82) is 0 Å². The summed E-state index contributed by atoms with van der Waals surface area (Å²) in [6, 6.07) is 8.72. The summed E-state index contributed by atoms with van der Waals surface area (Å²) >= 11 is 0. The summed E-state index contributed by atoms with van der Waals surface area (Å²) in [4.78, 5) is 12.4. The van der Waals surface area contributed by atoms with E-state index in [1.54, 1.807) is 30.3 Å². The number of hydrogen-bond acceptors (Lipinski definition) is 2. The van der Waals surface area contributed by atoms with Crippen LogP contribution in [0.1, 0.15) is 25.7 Å². The third-order valence-electron chi connectivity index (χ3n) is 3.20. The second-order valence-corrected chi connectivity index (χ2v) is 4.00. The van der Waals surface area contributed by atoms with E-state index in [0.717, 1.165) is 0 Å². The van der Waals surface area contributed by atoms with Crippen LogP contribution in [0.5, 0.6) is 0 Å². The third kappa shape index (κ3) is 1.61. The maximum absolute atomic E-state index is 12.4. The zero-order valence-electron chi connectivity index (χ0n) is 13.7. The van der Waals surface area contributed by atoms with Gasteiger partial charge in [0, 0.05) is 25.9 Å². The number of likely N-dealkylation sites (N-methyl/N-ethyl adjacent to an activating group) is 1. The van der Waals surface area contributed by atoms with E-state index in [0.29, 0.717) is 12.0 Å². The van der Waals surface area contributed by atoms with E-state index in [-0.39, 0.29) is 12.5 Å². The molecule has 2 rings (SSSR count). The van der Waals surface area contributed by atoms with Gasteiger partial charge >= 0.3 is 0 Å². The highest BCUT2D eigenvalue weighted by Gasteiger charge is 2.60. The van der Waals surface area contributed by atoms with Gasteiger partial charge < -0.3 is 10.4 Å². The van der Waals surface area contributed by atoms with Crippen LogP contribution < -0.4 is 5.32 Å². The topological polar surface area (TPSA) is 49.3 Å². The highest BCUT2D eigenvalue weighted by molar-refractivity contribution is 5.92. The highest BCUT2D eigenvalue weighted by atomic mass is 16.3. The third-order valence-corrected chi connectivity index (χ3v) is 3.20. The zero-order chi connectivity index (χ0) is 15.9. The van der Waals surface area contributed by atoms with Crippen LogP contribution in [0.25, 0.3) is 0 Å². The number of amides is 1. The molecule has 3 nitrogen and oxygen atoms in total. The number of aliphatic hydroxyl groups excluding tert-OH is 1. The van der Waals surface area contributed by atoms with Crippen molar-refractivity contribution in [3.8, 4) is 0 Å². The van der Waals surface area contributed by atoms with Crippen molar-refractivity contribution in [3.63, 3.8) is 0 Å². The number of benzene rings is 1. The molecule has 0 bridgehead atoms. The molecular weight excluding hydrogens is 202 g/mol. The minimum absolute atomic E-state index is 0.209. The molecule has 3 heteroatoms. The molecule has 0 aliphatic heterocycles. The summed E-state index contributed by atoms with van der Waals surface area (Å²) in [5, 5.41) is 11.3. The van der Waals surface area contributed by atoms with E-state index in [9.17, 15) is 9.90 Å². The number of hydrogen-bond donors (Lipinski definition) is 2. The summed E-state index contributed by atoms with van der Waals surface area (Å²) < 4.78 is 36.5. The lowest BCUT2D eigenvalue weighted by atomic mass is 9.92. The SMILES string of the molecule is [2H]C([2H])([2H])C([2H])([2H])NC(=O)[C@]1(c2ccccc2)C[C@@H]1CO. The molecule has 0 saturated heterocycles. The molecule has 1 aliphatic carbocycles.